The van der Waals surface area contributed by atoms with E-state index in [1.165, 1.54) is 178 Å². The highest BCUT2D eigenvalue weighted by Crippen LogP contribution is 2.43. The van der Waals surface area contributed by atoms with Crippen molar-refractivity contribution in [3.05, 3.63) is 287 Å². The standard InChI is InChI=1S/C80H64/c1-49-50(2)78-52(4)51(3)77(49)73-41-33-69(34-42-73)65-25-17-61(18-26-65)57-9-11-59(12-10-57)63-21-29-67(30-22-63)71-37-45-75(46-38-71)79-53(5)55(7)80(56(8)54(79)6)76-47-39-72(40-48-76)68-31-23-64(24-32-68)60-15-13-58(14-16-60)62-19-27-66(28-20-62)70-35-43-74(78)44-36-70/h9-48H,1-8H3. The summed E-state index contributed by atoms with van der Waals surface area (Å²) in [6, 6.07) is 90.6. The molecule has 46 rings (SSSR count). The summed E-state index contributed by atoms with van der Waals surface area (Å²) in [6.45, 7) is 18.3. The van der Waals surface area contributed by atoms with Crippen LogP contribution in [0.25, 0.3) is 134 Å². The lowest BCUT2D eigenvalue weighted by atomic mass is 9.83. The summed E-state index contributed by atoms with van der Waals surface area (Å²) in [5.74, 6) is 0. The van der Waals surface area contributed by atoms with Gasteiger partial charge in [0.2, 0.25) is 0 Å². The van der Waals surface area contributed by atoms with Crippen molar-refractivity contribution in [3.8, 4) is 134 Å². The maximum absolute atomic E-state index is 2.30. The van der Waals surface area contributed by atoms with Gasteiger partial charge in [0.15, 0.2) is 0 Å². The van der Waals surface area contributed by atoms with Crippen LogP contribution >= 0.6 is 0 Å². The summed E-state index contributed by atoms with van der Waals surface area (Å²) in [6.07, 6.45) is 0. The second kappa shape index (κ2) is 20.5. The SMILES string of the molecule is Cc1c(C)c2c(C)c(C)c1-c1ccc(cc1)-c1ccc(cc1)-c1ccc(cc1)-c1ccc(cc1)-c1ccc(cc1)-c1c(C)c(C)c(c(C)c1C)-c1ccc(cc1)-c1ccc(cc1)-c1ccc(cc1)-c1ccc(cc1)-c1ccc-2cc1. The van der Waals surface area contributed by atoms with Crippen molar-refractivity contribution in [1.29, 1.82) is 0 Å². The third-order valence-electron chi connectivity index (χ3n) is 17.9. The molecule has 0 N–H and O–H groups in total. The molecular formula is C80H64. The van der Waals surface area contributed by atoms with Gasteiger partial charge in [0.25, 0.3) is 0 Å². The molecule has 34 aliphatic carbocycles. The molecule has 24 bridgehead atoms. The first-order chi connectivity index (χ1) is 38.9. The minimum Gasteiger partial charge on any atom is -0.0538 e. The molecular weight excluding hydrogens is 961 g/mol. The maximum atomic E-state index is 2.30. The Morgan fingerprint density at radius 2 is 0.163 bits per heavy atom. The Bertz CT molecular complexity index is 3640. The summed E-state index contributed by atoms with van der Waals surface area (Å²) < 4.78 is 0. The van der Waals surface area contributed by atoms with E-state index in [1.807, 2.05) is 0 Å². The smallest absolute Gasteiger partial charge is 0.0120 e. The van der Waals surface area contributed by atoms with Crippen LogP contribution in [0.5, 0.6) is 0 Å². The Balaban J connectivity index is 0.825. The first kappa shape index (κ1) is 50.2. The molecule has 0 fully saturated rings. The third kappa shape index (κ3) is 9.02. The van der Waals surface area contributed by atoms with Gasteiger partial charge in [-0.25, -0.2) is 0 Å². The molecule has 0 saturated carbocycles. The normalized spacial score (nSPS) is 11.5. The lowest BCUT2D eigenvalue weighted by molar-refractivity contribution is 1.25. The molecule has 0 aromatic heterocycles. The molecule has 12 aromatic carbocycles. The molecule has 0 atom stereocenters. The highest BCUT2D eigenvalue weighted by Gasteiger charge is 2.20. The van der Waals surface area contributed by atoms with Gasteiger partial charge in [-0.1, -0.05) is 243 Å². The molecule has 0 heterocycles. The van der Waals surface area contributed by atoms with Crippen LogP contribution in [-0.2, 0) is 0 Å². The van der Waals surface area contributed by atoms with Gasteiger partial charge in [-0.2, -0.15) is 0 Å². The molecule has 12 aromatic rings. The lowest BCUT2D eigenvalue weighted by Gasteiger charge is -2.21. The molecule has 0 amide bonds. The molecule has 0 heteroatoms. The van der Waals surface area contributed by atoms with Crippen LogP contribution in [0, 0.1) is 55.4 Å². The van der Waals surface area contributed by atoms with Crippen molar-refractivity contribution in [3.63, 3.8) is 0 Å². The van der Waals surface area contributed by atoms with Crippen LogP contribution in [0.1, 0.15) is 44.5 Å². The van der Waals surface area contributed by atoms with E-state index in [0.29, 0.717) is 0 Å². The van der Waals surface area contributed by atoms with Crippen LogP contribution < -0.4 is 0 Å². The van der Waals surface area contributed by atoms with E-state index in [1.54, 1.807) is 0 Å². The zero-order valence-corrected chi connectivity index (χ0v) is 47.1. The van der Waals surface area contributed by atoms with E-state index in [4.69, 9.17) is 0 Å². The highest BCUT2D eigenvalue weighted by molar-refractivity contribution is 5.87. The van der Waals surface area contributed by atoms with Crippen molar-refractivity contribution in [2.24, 2.45) is 0 Å². The first-order valence-corrected chi connectivity index (χ1v) is 28.2. The van der Waals surface area contributed by atoms with Gasteiger partial charge >= 0.3 is 0 Å². The number of benzene rings is 12. The fraction of sp³-hybridized carbons (Fsp3) is 0.100. The molecule has 0 nitrogen and oxygen atoms in total. The Labute approximate surface area is 473 Å². The van der Waals surface area contributed by atoms with Crippen molar-refractivity contribution in [2.45, 2.75) is 55.4 Å². The van der Waals surface area contributed by atoms with E-state index in [9.17, 15) is 0 Å². The van der Waals surface area contributed by atoms with Gasteiger partial charge in [0.1, 0.15) is 0 Å². The summed E-state index contributed by atoms with van der Waals surface area (Å²) in [4.78, 5) is 0. The van der Waals surface area contributed by atoms with E-state index in [0.717, 1.165) is 0 Å². The van der Waals surface area contributed by atoms with Crippen molar-refractivity contribution in [1.82, 2.24) is 0 Å². The second-order valence-electron chi connectivity index (χ2n) is 22.3. The van der Waals surface area contributed by atoms with E-state index in [-0.39, 0.29) is 0 Å². The minimum absolute atomic E-state index is 1.21. The fourth-order valence-electron chi connectivity index (χ4n) is 12.8. The molecule has 0 spiro atoms. The van der Waals surface area contributed by atoms with Crippen LogP contribution in [-0.4, -0.2) is 0 Å². The van der Waals surface area contributed by atoms with Crippen LogP contribution in [0.3, 0.4) is 0 Å². The second-order valence-corrected chi connectivity index (χ2v) is 22.3. The van der Waals surface area contributed by atoms with Crippen molar-refractivity contribution in [2.75, 3.05) is 0 Å². The first-order valence-electron chi connectivity index (χ1n) is 28.2. The molecule has 80 heavy (non-hydrogen) atoms. The van der Waals surface area contributed by atoms with Gasteiger partial charge in [-0.15, -0.1) is 0 Å². The number of rotatable bonds is 0. The molecule has 34 aliphatic rings. The monoisotopic (exact) mass is 1020 g/mol. The Morgan fingerprint density at radius 1 is 0.100 bits per heavy atom. The van der Waals surface area contributed by atoms with Crippen molar-refractivity contribution >= 4 is 0 Å². The molecule has 0 unspecified atom stereocenters. The van der Waals surface area contributed by atoms with Crippen LogP contribution in [0.2, 0.25) is 0 Å². The zero-order chi connectivity index (χ0) is 54.8. The third-order valence-corrected chi connectivity index (χ3v) is 17.9. The summed E-state index contributed by atoms with van der Waals surface area (Å²) in [5.41, 5.74) is 40.4. The van der Waals surface area contributed by atoms with Crippen LogP contribution in [0.15, 0.2) is 243 Å². The van der Waals surface area contributed by atoms with Gasteiger partial charge in [0.05, 0.1) is 0 Å². The fourth-order valence-corrected chi connectivity index (χ4v) is 12.8. The predicted molar refractivity (Wildman–Crippen MR) is 343 cm³/mol. The Morgan fingerprint density at radius 3 is 0.237 bits per heavy atom. The summed E-state index contributed by atoms with van der Waals surface area (Å²) in [7, 11) is 0. The summed E-state index contributed by atoms with van der Waals surface area (Å²) in [5, 5.41) is 0. The van der Waals surface area contributed by atoms with Crippen LogP contribution in [0.4, 0.5) is 0 Å². The minimum atomic E-state index is 1.21. The molecule has 0 aliphatic heterocycles. The maximum Gasteiger partial charge on any atom is -0.0120 e. The van der Waals surface area contributed by atoms with Gasteiger partial charge in [-0.05, 0) is 233 Å². The average molecular weight is 1030 g/mol. The summed E-state index contributed by atoms with van der Waals surface area (Å²) >= 11 is 0. The topological polar surface area (TPSA) is 0 Å². The van der Waals surface area contributed by atoms with Crippen molar-refractivity contribution < 1.29 is 0 Å². The lowest BCUT2D eigenvalue weighted by Crippen LogP contribution is -2.00. The van der Waals surface area contributed by atoms with E-state index >= 15 is 0 Å². The number of hydrogen-bond acceptors (Lipinski definition) is 0. The highest BCUT2D eigenvalue weighted by atomic mass is 14.2. The molecule has 0 radical (unpaired) electrons. The molecule has 0 saturated heterocycles. The predicted octanol–water partition coefficient (Wildman–Crippen LogP) is 22.5. The quantitative estimate of drug-likeness (QED) is 0.142. The molecule has 384 valence electrons. The largest absolute Gasteiger partial charge is 0.0538 e. The van der Waals surface area contributed by atoms with E-state index < -0.39 is 0 Å². The zero-order valence-electron chi connectivity index (χ0n) is 47.1. The Kier molecular flexibility index (Phi) is 12.8. The van der Waals surface area contributed by atoms with Gasteiger partial charge in [0, 0.05) is 0 Å². The van der Waals surface area contributed by atoms with Gasteiger partial charge in [-0.3, -0.25) is 0 Å². The average Bonchev–Trinajstić information content (AvgIpc) is 3.55. The Hall–Kier alpha value is -9.36. The van der Waals surface area contributed by atoms with Gasteiger partial charge < -0.3 is 0 Å². The van der Waals surface area contributed by atoms with E-state index in [2.05, 4.69) is 298 Å². The number of hydrogen-bond donors (Lipinski definition) is 0.